The van der Waals surface area contributed by atoms with Gasteiger partial charge in [0, 0.05) is 46.9 Å². The molecule has 2 aliphatic heterocycles. The summed E-state index contributed by atoms with van der Waals surface area (Å²) in [5.41, 5.74) is 17.4. The van der Waals surface area contributed by atoms with Crippen molar-refractivity contribution in [3.05, 3.63) is 81.9 Å². The lowest BCUT2D eigenvalue weighted by Crippen LogP contribution is -2.55. The molecule has 2 aliphatic rings. The van der Waals surface area contributed by atoms with E-state index in [4.69, 9.17) is 30.4 Å². The Kier molecular flexibility index (Phi) is 6.84. The predicted octanol–water partition coefficient (Wildman–Crippen LogP) is 8.60. The Morgan fingerprint density at radius 3 is 1.36 bits per heavy atom. The fourth-order valence-electron chi connectivity index (χ4n) is 6.97. The minimum absolute atomic E-state index is 0.0280. The normalized spacial score (nSPS) is 17.1. The van der Waals surface area contributed by atoms with Crippen molar-refractivity contribution in [2.45, 2.75) is 84.8 Å². The van der Waals surface area contributed by atoms with Crippen LogP contribution in [-0.2, 0) is 10.8 Å². The van der Waals surface area contributed by atoms with Crippen molar-refractivity contribution in [3.63, 3.8) is 0 Å². The highest BCUT2D eigenvalue weighted by Gasteiger charge is 2.55. The Balaban J connectivity index is 1.44. The molecule has 0 aliphatic carbocycles. The summed E-state index contributed by atoms with van der Waals surface area (Å²) >= 11 is 0. The number of phenols is 2. The second-order valence-corrected chi connectivity index (χ2v) is 13.9. The number of aromatic hydroxyl groups is 2. The van der Waals surface area contributed by atoms with Crippen LogP contribution in [0.25, 0.3) is 0 Å². The van der Waals surface area contributed by atoms with Gasteiger partial charge in [0.05, 0.1) is 11.4 Å². The summed E-state index contributed by atoms with van der Waals surface area (Å²) < 4.78 is 26.8. The summed E-state index contributed by atoms with van der Waals surface area (Å²) in [5.74, 6) is 2.80. The number of nitrogen functional groups attached to an aromatic ring is 2. The standard InChI is InChI=1S/C37H42N2O6/c1-19-13-29-31(33(21(19)3)42-23-9-11-25(38)27(40)15-23)35(5,6)17-37(44-29)18-36(7,8)32-30(45-37)14-20(2)22(4)34(32)43-24-10-12-26(39)28(41)16-24/h9-16,40-41H,17-18,38-39H2,1-8H3. The van der Waals surface area contributed by atoms with Crippen molar-refractivity contribution in [2.75, 3.05) is 11.5 Å². The highest BCUT2D eigenvalue weighted by atomic mass is 16.7. The molecule has 236 valence electrons. The third-order valence-corrected chi connectivity index (χ3v) is 9.32. The smallest absolute Gasteiger partial charge is 0.252 e. The highest BCUT2D eigenvalue weighted by molar-refractivity contribution is 5.63. The third-order valence-electron chi connectivity index (χ3n) is 9.32. The van der Waals surface area contributed by atoms with Gasteiger partial charge in [-0.05, 0) is 86.3 Å². The molecule has 6 rings (SSSR count). The lowest BCUT2D eigenvalue weighted by atomic mass is 9.68. The molecule has 0 saturated heterocycles. The van der Waals surface area contributed by atoms with Gasteiger partial charge in [0.25, 0.3) is 5.79 Å². The number of hydrogen-bond donors (Lipinski definition) is 4. The van der Waals surface area contributed by atoms with Crippen LogP contribution in [0.3, 0.4) is 0 Å². The molecule has 0 fully saturated rings. The third kappa shape index (κ3) is 5.12. The van der Waals surface area contributed by atoms with E-state index in [0.29, 0.717) is 58.7 Å². The average molecular weight is 611 g/mol. The minimum Gasteiger partial charge on any atom is -0.506 e. The maximum atomic E-state index is 10.2. The van der Waals surface area contributed by atoms with Gasteiger partial charge in [0.1, 0.15) is 46.0 Å². The molecule has 6 N–H and O–H groups in total. The molecular weight excluding hydrogens is 568 g/mol. The quantitative estimate of drug-likeness (QED) is 0.134. The Morgan fingerprint density at radius 2 is 1.00 bits per heavy atom. The van der Waals surface area contributed by atoms with Crippen molar-refractivity contribution < 1.29 is 29.2 Å². The van der Waals surface area contributed by atoms with Gasteiger partial charge in [-0.25, -0.2) is 0 Å². The van der Waals surface area contributed by atoms with Gasteiger partial charge in [0.2, 0.25) is 0 Å². The Labute approximate surface area is 264 Å². The van der Waals surface area contributed by atoms with E-state index in [9.17, 15) is 10.2 Å². The van der Waals surface area contributed by atoms with Crippen LogP contribution in [-0.4, -0.2) is 16.0 Å². The van der Waals surface area contributed by atoms with E-state index in [-0.39, 0.29) is 11.5 Å². The molecular formula is C37H42N2O6. The first-order chi connectivity index (χ1) is 21.0. The summed E-state index contributed by atoms with van der Waals surface area (Å²) in [5, 5.41) is 20.5. The lowest BCUT2D eigenvalue weighted by Gasteiger charge is -2.52. The summed E-state index contributed by atoms with van der Waals surface area (Å²) in [4.78, 5) is 0. The average Bonchev–Trinajstić information content (AvgIpc) is 2.92. The molecule has 0 unspecified atom stereocenters. The number of ether oxygens (including phenoxy) is 4. The molecule has 0 amide bonds. The van der Waals surface area contributed by atoms with E-state index >= 15 is 0 Å². The number of anilines is 2. The van der Waals surface area contributed by atoms with Gasteiger partial charge in [-0.2, -0.15) is 0 Å². The largest absolute Gasteiger partial charge is 0.506 e. The van der Waals surface area contributed by atoms with Gasteiger partial charge >= 0.3 is 0 Å². The summed E-state index contributed by atoms with van der Waals surface area (Å²) in [6.07, 6.45) is 1.13. The highest BCUT2D eigenvalue weighted by Crippen LogP contribution is 2.59. The van der Waals surface area contributed by atoms with Gasteiger partial charge < -0.3 is 40.6 Å². The zero-order valence-corrected chi connectivity index (χ0v) is 27.2. The van der Waals surface area contributed by atoms with Crippen LogP contribution in [0.15, 0.2) is 48.5 Å². The van der Waals surface area contributed by atoms with Crippen LogP contribution in [0.4, 0.5) is 11.4 Å². The van der Waals surface area contributed by atoms with Crippen LogP contribution in [0, 0.1) is 27.7 Å². The first kappa shape index (κ1) is 30.3. The van der Waals surface area contributed by atoms with Crippen molar-refractivity contribution in [1.82, 2.24) is 0 Å². The predicted molar refractivity (Wildman–Crippen MR) is 176 cm³/mol. The molecule has 0 atom stereocenters. The minimum atomic E-state index is -0.954. The maximum Gasteiger partial charge on any atom is 0.252 e. The molecule has 4 aromatic rings. The van der Waals surface area contributed by atoms with Crippen LogP contribution < -0.4 is 30.4 Å². The van der Waals surface area contributed by atoms with Crippen molar-refractivity contribution in [2.24, 2.45) is 0 Å². The molecule has 0 radical (unpaired) electrons. The Bertz CT molecular complexity index is 1720. The number of hydrogen-bond acceptors (Lipinski definition) is 8. The van der Waals surface area contributed by atoms with Crippen LogP contribution in [0.1, 0.15) is 73.9 Å². The summed E-state index contributed by atoms with van der Waals surface area (Å²) in [6.45, 7) is 16.9. The Hall–Kier alpha value is -4.72. The lowest BCUT2D eigenvalue weighted by molar-refractivity contribution is -0.166. The van der Waals surface area contributed by atoms with Gasteiger partial charge in [-0.1, -0.05) is 27.7 Å². The SMILES string of the molecule is Cc1cc2c(c(Oc3ccc(N)c(O)c3)c1C)C(C)(C)CC1(CC(C)(C)c3c(cc(C)c(C)c3Oc3ccc(N)c(O)c3)O1)O2. The molecule has 4 aromatic carbocycles. The van der Waals surface area contributed by atoms with Crippen molar-refractivity contribution in [1.29, 1.82) is 0 Å². The number of nitrogens with two attached hydrogens (primary N) is 2. The molecule has 0 saturated carbocycles. The number of fused-ring (bicyclic) bond motifs is 2. The molecule has 45 heavy (non-hydrogen) atoms. The van der Waals surface area contributed by atoms with E-state index in [1.54, 1.807) is 24.3 Å². The topological polar surface area (TPSA) is 129 Å². The molecule has 2 heterocycles. The summed E-state index contributed by atoms with van der Waals surface area (Å²) in [7, 11) is 0. The van der Waals surface area contributed by atoms with Crippen LogP contribution in [0.2, 0.25) is 0 Å². The fourth-order valence-corrected chi connectivity index (χ4v) is 6.97. The zero-order valence-electron chi connectivity index (χ0n) is 27.2. The molecule has 0 bridgehead atoms. The van der Waals surface area contributed by atoms with Gasteiger partial charge in [0.15, 0.2) is 0 Å². The van der Waals surface area contributed by atoms with Gasteiger partial charge in [-0.15, -0.1) is 0 Å². The van der Waals surface area contributed by atoms with Crippen molar-refractivity contribution in [3.8, 4) is 46.0 Å². The van der Waals surface area contributed by atoms with Crippen molar-refractivity contribution >= 4 is 11.4 Å². The zero-order chi connectivity index (χ0) is 32.6. The second-order valence-electron chi connectivity index (χ2n) is 13.9. The van der Waals surface area contributed by atoms with Crippen LogP contribution >= 0.6 is 0 Å². The number of aryl methyl sites for hydroxylation is 2. The van der Waals surface area contributed by atoms with Gasteiger partial charge in [-0.3, -0.25) is 0 Å². The number of benzene rings is 4. The first-order valence-electron chi connectivity index (χ1n) is 15.2. The van der Waals surface area contributed by atoms with E-state index < -0.39 is 16.6 Å². The molecule has 8 nitrogen and oxygen atoms in total. The number of rotatable bonds is 4. The number of phenolic OH excluding ortho intramolecular Hbond substituents is 2. The summed E-state index contributed by atoms with van der Waals surface area (Å²) in [6, 6.07) is 14.0. The monoisotopic (exact) mass is 610 g/mol. The second kappa shape index (κ2) is 10.2. The molecule has 8 heteroatoms. The molecule has 0 aromatic heterocycles. The van der Waals surface area contributed by atoms with Crippen LogP contribution in [0.5, 0.6) is 46.0 Å². The van der Waals surface area contributed by atoms with E-state index in [0.717, 1.165) is 33.4 Å². The van der Waals surface area contributed by atoms with E-state index in [1.807, 2.05) is 27.7 Å². The van der Waals surface area contributed by atoms with E-state index in [2.05, 4.69) is 39.8 Å². The molecule has 1 spiro atoms. The first-order valence-corrected chi connectivity index (χ1v) is 15.2. The van der Waals surface area contributed by atoms with E-state index in [1.165, 1.54) is 12.1 Å². The fraction of sp³-hybridized carbons (Fsp3) is 0.351. The maximum absolute atomic E-state index is 10.2. The Morgan fingerprint density at radius 1 is 0.622 bits per heavy atom.